The zero-order valence-electron chi connectivity index (χ0n) is 8.77. The summed E-state index contributed by atoms with van der Waals surface area (Å²) in [5.74, 6) is 0. The van der Waals surface area contributed by atoms with Gasteiger partial charge in [0.2, 0.25) is 0 Å². The standard InChI is InChI=1S/C10H18N2O2/c1-7-3-10(4-8(2)14-7)13-6-9(12)5-11/h7-10H,3-4,6,12H2,1-2H3. The summed E-state index contributed by atoms with van der Waals surface area (Å²) in [7, 11) is 0. The SMILES string of the molecule is CC1CC(OCC(N)C#N)CC(C)O1. The molecule has 0 spiro atoms. The Kier molecular flexibility index (Phi) is 4.33. The van der Waals surface area contributed by atoms with Crippen LogP contribution in [0.1, 0.15) is 26.7 Å². The summed E-state index contributed by atoms with van der Waals surface area (Å²) in [4.78, 5) is 0. The lowest BCUT2D eigenvalue weighted by molar-refractivity contribution is -0.102. The van der Waals surface area contributed by atoms with Gasteiger partial charge in [-0.25, -0.2) is 0 Å². The van der Waals surface area contributed by atoms with Gasteiger partial charge in [-0.05, 0) is 26.7 Å². The summed E-state index contributed by atoms with van der Waals surface area (Å²) in [5.41, 5.74) is 5.44. The van der Waals surface area contributed by atoms with Crippen LogP contribution in [0, 0.1) is 11.3 Å². The van der Waals surface area contributed by atoms with Crippen molar-refractivity contribution in [1.82, 2.24) is 0 Å². The lowest BCUT2D eigenvalue weighted by atomic mass is 10.0. The highest BCUT2D eigenvalue weighted by Crippen LogP contribution is 2.21. The van der Waals surface area contributed by atoms with Crippen LogP contribution in [0.4, 0.5) is 0 Å². The third-order valence-electron chi connectivity index (χ3n) is 2.33. The molecule has 1 aliphatic heterocycles. The monoisotopic (exact) mass is 198 g/mol. The van der Waals surface area contributed by atoms with Gasteiger partial charge in [-0.3, -0.25) is 0 Å². The molecule has 2 N–H and O–H groups in total. The average Bonchev–Trinajstić information content (AvgIpc) is 2.12. The largest absolute Gasteiger partial charge is 0.375 e. The van der Waals surface area contributed by atoms with Crippen molar-refractivity contribution in [3.63, 3.8) is 0 Å². The van der Waals surface area contributed by atoms with Crippen molar-refractivity contribution in [2.45, 2.75) is 51.0 Å². The molecule has 0 radical (unpaired) electrons. The second-order valence-electron chi connectivity index (χ2n) is 3.92. The lowest BCUT2D eigenvalue weighted by Gasteiger charge is -2.32. The summed E-state index contributed by atoms with van der Waals surface area (Å²) in [6.07, 6.45) is 2.45. The third-order valence-corrected chi connectivity index (χ3v) is 2.33. The molecule has 0 aromatic carbocycles. The topological polar surface area (TPSA) is 68.3 Å². The van der Waals surface area contributed by atoms with E-state index in [9.17, 15) is 0 Å². The maximum atomic E-state index is 8.49. The summed E-state index contributed by atoms with van der Waals surface area (Å²) < 4.78 is 11.1. The molecular formula is C10H18N2O2. The summed E-state index contributed by atoms with van der Waals surface area (Å²) >= 11 is 0. The van der Waals surface area contributed by atoms with Crippen LogP contribution < -0.4 is 5.73 Å². The van der Waals surface area contributed by atoms with Crippen LogP contribution in [0.25, 0.3) is 0 Å². The molecule has 0 aliphatic carbocycles. The number of hydrogen-bond acceptors (Lipinski definition) is 4. The van der Waals surface area contributed by atoms with Crippen molar-refractivity contribution < 1.29 is 9.47 Å². The highest BCUT2D eigenvalue weighted by molar-refractivity contribution is 4.86. The molecule has 1 aliphatic rings. The quantitative estimate of drug-likeness (QED) is 0.728. The number of nitrogens with zero attached hydrogens (tertiary/aromatic N) is 1. The number of rotatable bonds is 3. The highest BCUT2D eigenvalue weighted by atomic mass is 16.5. The number of hydrogen-bond donors (Lipinski definition) is 1. The van der Waals surface area contributed by atoms with Gasteiger partial charge in [0, 0.05) is 0 Å². The predicted octanol–water partition coefficient (Wildman–Crippen LogP) is 0.810. The van der Waals surface area contributed by atoms with Crippen LogP contribution >= 0.6 is 0 Å². The summed E-state index contributed by atoms with van der Waals surface area (Å²) in [6.45, 7) is 4.40. The molecule has 1 saturated heterocycles. The Hall–Kier alpha value is -0.630. The maximum absolute atomic E-state index is 8.49. The molecule has 0 aromatic rings. The van der Waals surface area contributed by atoms with Crippen LogP contribution in [0.15, 0.2) is 0 Å². The van der Waals surface area contributed by atoms with E-state index in [4.69, 9.17) is 20.5 Å². The number of nitrogens with two attached hydrogens (primary N) is 1. The van der Waals surface area contributed by atoms with E-state index in [2.05, 4.69) is 0 Å². The van der Waals surface area contributed by atoms with Crippen LogP contribution in [0.3, 0.4) is 0 Å². The van der Waals surface area contributed by atoms with Gasteiger partial charge in [-0.1, -0.05) is 0 Å². The van der Waals surface area contributed by atoms with E-state index < -0.39 is 6.04 Å². The molecule has 1 heterocycles. The minimum atomic E-state index is -0.511. The first kappa shape index (κ1) is 11.4. The van der Waals surface area contributed by atoms with E-state index in [0.29, 0.717) is 6.61 Å². The number of nitriles is 1. The molecule has 0 saturated carbocycles. The molecule has 3 unspecified atom stereocenters. The Morgan fingerprint density at radius 3 is 2.57 bits per heavy atom. The smallest absolute Gasteiger partial charge is 0.116 e. The van der Waals surface area contributed by atoms with Crippen LogP contribution in [0.5, 0.6) is 0 Å². The Morgan fingerprint density at radius 2 is 2.07 bits per heavy atom. The predicted molar refractivity (Wildman–Crippen MR) is 52.6 cm³/mol. The second-order valence-corrected chi connectivity index (χ2v) is 3.92. The molecule has 4 heteroatoms. The van der Waals surface area contributed by atoms with E-state index in [1.807, 2.05) is 19.9 Å². The van der Waals surface area contributed by atoms with Crippen LogP contribution in [-0.2, 0) is 9.47 Å². The Balaban J connectivity index is 2.27. The maximum Gasteiger partial charge on any atom is 0.116 e. The molecule has 0 aromatic heterocycles. The van der Waals surface area contributed by atoms with Gasteiger partial charge in [-0.15, -0.1) is 0 Å². The first-order valence-electron chi connectivity index (χ1n) is 5.04. The first-order chi connectivity index (χ1) is 6.61. The van der Waals surface area contributed by atoms with Crippen LogP contribution in [0.2, 0.25) is 0 Å². The molecule has 1 rings (SSSR count). The molecule has 3 atom stereocenters. The van der Waals surface area contributed by atoms with E-state index in [1.165, 1.54) is 0 Å². The fourth-order valence-corrected chi connectivity index (χ4v) is 1.76. The molecule has 4 nitrogen and oxygen atoms in total. The minimum absolute atomic E-state index is 0.188. The van der Waals surface area contributed by atoms with E-state index >= 15 is 0 Å². The van der Waals surface area contributed by atoms with Crippen molar-refractivity contribution in [2.75, 3.05) is 6.61 Å². The normalized spacial score (nSPS) is 34.9. The fourth-order valence-electron chi connectivity index (χ4n) is 1.76. The number of ether oxygens (including phenoxy) is 2. The van der Waals surface area contributed by atoms with Gasteiger partial charge in [0.05, 0.1) is 31.0 Å². The molecule has 80 valence electrons. The zero-order chi connectivity index (χ0) is 10.6. The third kappa shape index (κ3) is 3.62. The Bertz CT molecular complexity index is 205. The lowest BCUT2D eigenvalue weighted by Crippen LogP contribution is -2.36. The Labute approximate surface area is 85.0 Å². The van der Waals surface area contributed by atoms with Crippen molar-refractivity contribution in [3.8, 4) is 6.07 Å². The van der Waals surface area contributed by atoms with Gasteiger partial charge in [-0.2, -0.15) is 5.26 Å². The van der Waals surface area contributed by atoms with Crippen molar-refractivity contribution in [1.29, 1.82) is 5.26 Å². The van der Waals surface area contributed by atoms with Gasteiger partial charge in [0.1, 0.15) is 6.04 Å². The van der Waals surface area contributed by atoms with Crippen molar-refractivity contribution >= 4 is 0 Å². The molecule has 14 heavy (non-hydrogen) atoms. The van der Waals surface area contributed by atoms with Gasteiger partial charge in [0.25, 0.3) is 0 Å². The Morgan fingerprint density at radius 1 is 1.50 bits per heavy atom. The molecular weight excluding hydrogens is 180 g/mol. The zero-order valence-corrected chi connectivity index (χ0v) is 8.77. The average molecular weight is 198 g/mol. The second kappa shape index (κ2) is 5.30. The van der Waals surface area contributed by atoms with E-state index in [0.717, 1.165) is 12.8 Å². The van der Waals surface area contributed by atoms with E-state index in [-0.39, 0.29) is 18.3 Å². The van der Waals surface area contributed by atoms with Gasteiger partial charge < -0.3 is 15.2 Å². The van der Waals surface area contributed by atoms with E-state index in [1.54, 1.807) is 0 Å². The highest BCUT2D eigenvalue weighted by Gasteiger charge is 2.25. The van der Waals surface area contributed by atoms with Gasteiger partial charge in [0.15, 0.2) is 0 Å². The molecule has 0 amide bonds. The summed E-state index contributed by atoms with van der Waals surface area (Å²) in [5, 5.41) is 8.49. The van der Waals surface area contributed by atoms with Crippen molar-refractivity contribution in [3.05, 3.63) is 0 Å². The molecule has 0 bridgehead atoms. The fraction of sp³-hybridized carbons (Fsp3) is 0.900. The van der Waals surface area contributed by atoms with Crippen molar-refractivity contribution in [2.24, 2.45) is 5.73 Å². The van der Waals surface area contributed by atoms with Crippen LogP contribution in [-0.4, -0.2) is 31.0 Å². The first-order valence-corrected chi connectivity index (χ1v) is 5.04. The van der Waals surface area contributed by atoms with Gasteiger partial charge >= 0.3 is 0 Å². The minimum Gasteiger partial charge on any atom is -0.375 e. The summed E-state index contributed by atoms with van der Waals surface area (Å²) in [6, 6.07) is 1.44. The molecule has 1 fully saturated rings.